The molecule has 4 aromatic rings. The second-order valence-electron chi connectivity index (χ2n) is 6.48. The van der Waals surface area contributed by atoms with Crippen molar-refractivity contribution in [3.63, 3.8) is 0 Å². The molecule has 3 aromatic heterocycles. The summed E-state index contributed by atoms with van der Waals surface area (Å²) < 4.78 is 0. The van der Waals surface area contributed by atoms with Crippen molar-refractivity contribution in [2.24, 2.45) is 0 Å². The summed E-state index contributed by atoms with van der Waals surface area (Å²) in [6.45, 7) is 6.10. The molecule has 0 unspecified atom stereocenters. The van der Waals surface area contributed by atoms with Crippen LogP contribution in [0.2, 0.25) is 0 Å². The van der Waals surface area contributed by atoms with Gasteiger partial charge < -0.3 is 4.98 Å². The van der Waals surface area contributed by atoms with Crippen molar-refractivity contribution < 1.29 is 0 Å². The Morgan fingerprint density at radius 2 is 1.85 bits per heavy atom. The number of benzene rings is 1. The Morgan fingerprint density at radius 1 is 1.07 bits per heavy atom. The van der Waals surface area contributed by atoms with Gasteiger partial charge in [0.25, 0.3) is 5.56 Å². The molecule has 0 fully saturated rings. The summed E-state index contributed by atoms with van der Waals surface area (Å²) in [5, 5.41) is 3.88. The van der Waals surface area contributed by atoms with Crippen LogP contribution in [0.15, 0.2) is 34.4 Å². The van der Waals surface area contributed by atoms with E-state index in [1.54, 1.807) is 34.4 Å². The number of aromatic nitrogens is 3. The third-order valence-electron chi connectivity index (χ3n) is 4.43. The van der Waals surface area contributed by atoms with E-state index in [-0.39, 0.29) is 5.56 Å². The van der Waals surface area contributed by atoms with Gasteiger partial charge in [-0.25, -0.2) is 9.97 Å². The summed E-state index contributed by atoms with van der Waals surface area (Å²) in [5.74, 6) is 2.19. The van der Waals surface area contributed by atoms with Crippen LogP contribution in [0.4, 0.5) is 0 Å². The molecule has 3 heterocycles. The molecule has 1 aromatic carbocycles. The maximum absolute atomic E-state index is 12.3. The lowest BCUT2D eigenvalue weighted by molar-refractivity contribution is 1.04. The van der Waals surface area contributed by atoms with Crippen LogP contribution in [0.25, 0.3) is 20.8 Å². The van der Waals surface area contributed by atoms with Gasteiger partial charge in [0.15, 0.2) is 0 Å². The van der Waals surface area contributed by atoms with Crippen LogP contribution in [0.3, 0.4) is 0 Å². The number of thiophene rings is 1. The minimum Gasteiger partial charge on any atom is -0.309 e. The van der Waals surface area contributed by atoms with E-state index in [0.29, 0.717) is 5.75 Å². The SMILES string of the molecule is Cc1ccc(-c2nc(CSCc3nc4sc(C)c(C)c4c(=O)[nH]3)cs2)cc1. The van der Waals surface area contributed by atoms with E-state index in [4.69, 9.17) is 4.98 Å². The highest BCUT2D eigenvalue weighted by Crippen LogP contribution is 2.28. The normalized spacial score (nSPS) is 11.4. The number of fused-ring (bicyclic) bond motifs is 1. The maximum Gasteiger partial charge on any atom is 0.259 e. The lowest BCUT2D eigenvalue weighted by Crippen LogP contribution is -2.10. The van der Waals surface area contributed by atoms with Gasteiger partial charge in [-0.3, -0.25) is 4.79 Å². The van der Waals surface area contributed by atoms with Crippen molar-refractivity contribution >= 4 is 44.7 Å². The van der Waals surface area contributed by atoms with Crippen molar-refractivity contribution in [3.05, 3.63) is 67.5 Å². The summed E-state index contributed by atoms with van der Waals surface area (Å²) in [4.78, 5) is 26.6. The maximum atomic E-state index is 12.3. The predicted molar refractivity (Wildman–Crippen MR) is 117 cm³/mol. The van der Waals surface area contributed by atoms with Crippen molar-refractivity contribution in [1.82, 2.24) is 15.0 Å². The molecule has 0 saturated carbocycles. The quantitative estimate of drug-likeness (QED) is 0.471. The molecular weight excluding hydrogens is 394 g/mol. The van der Waals surface area contributed by atoms with Gasteiger partial charge in [0.05, 0.1) is 16.8 Å². The van der Waals surface area contributed by atoms with Gasteiger partial charge in [-0.1, -0.05) is 29.8 Å². The molecule has 0 amide bonds. The summed E-state index contributed by atoms with van der Waals surface area (Å²) >= 11 is 4.97. The van der Waals surface area contributed by atoms with Crippen LogP contribution in [-0.2, 0) is 11.5 Å². The molecule has 1 N–H and O–H groups in total. The van der Waals surface area contributed by atoms with Gasteiger partial charge in [-0.05, 0) is 26.3 Å². The van der Waals surface area contributed by atoms with E-state index >= 15 is 0 Å². The largest absolute Gasteiger partial charge is 0.309 e. The van der Waals surface area contributed by atoms with Crippen LogP contribution in [-0.4, -0.2) is 15.0 Å². The number of aromatic amines is 1. The van der Waals surface area contributed by atoms with E-state index in [1.807, 2.05) is 13.8 Å². The first kappa shape index (κ1) is 18.4. The molecule has 0 aliphatic heterocycles. The monoisotopic (exact) mass is 413 g/mol. The molecule has 0 saturated heterocycles. The Kier molecular flexibility index (Phi) is 5.16. The van der Waals surface area contributed by atoms with Crippen molar-refractivity contribution in [2.75, 3.05) is 0 Å². The highest BCUT2D eigenvalue weighted by atomic mass is 32.2. The number of thioether (sulfide) groups is 1. The standard InChI is InChI=1S/C20H19N3OS3/c1-11-4-6-14(7-5-11)19-21-15(9-26-19)8-25-10-16-22-18(24)17-12(2)13(3)27-20(17)23-16/h4-7,9H,8,10H2,1-3H3,(H,22,23,24). The zero-order valence-corrected chi connectivity index (χ0v) is 17.8. The van der Waals surface area contributed by atoms with Gasteiger partial charge in [-0.15, -0.1) is 34.4 Å². The molecule has 0 spiro atoms. The fourth-order valence-electron chi connectivity index (χ4n) is 2.82. The molecule has 138 valence electrons. The lowest BCUT2D eigenvalue weighted by Gasteiger charge is -2.01. The number of H-pyrrole nitrogens is 1. The number of thiazole rings is 1. The molecule has 0 bridgehead atoms. The fraction of sp³-hybridized carbons (Fsp3) is 0.250. The van der Waals surface area contributed by atoms with Gasteiger partial charge in [0.1, 0.15) is 15.7 Å². The molecule has 0 aliphatic rings. The average molecular weight is 414 g/mol. The number of hydrogen-bond acceptors (Lipinski definition) is 6. The van der Waals surface area contributed by atoms with Crippen molar-refractivity contribution in [1.29, 1.82) is 0 Å². The fourth-order valence-corrected chi connectivity index (χ4v) is 5.59. The number of nitrogens with zero attached hydrogens (tertiary/aromatic N) is 2. The Morgan fingerprint density at radius 3 is 2.63 bits per heavy atom. The molecule has 0 aliphatic carbocycles. The first-order valence-electron chi connectivity index (χ1n) is 8.59. The van der Waals surface area contributed by atoms with Crippen LogP contribution >= 0.6 is 34.4 Å². The van der Waals surface area contributed by atoms with E-state index in [2.05, 4.69) is 46.5 Å². The van der Waals surface area contributed by atoms with E-state index in [0.717, 1.165) is 48.5 Å². The molecule has 0 atom stereocenters. The van der Waals surface area contributed by atoms with E-state index < -0.39 is 0 Å². The predicted octanol–water partition coefficient (Wildman–Crippen LogP) is 5.47. The molecule has 7 heteroatoms. The number of rotatable bonds is 5. The first-order chi connectivity index (χ1) is 13.0. The topological polar surface area (TPSA) is 58.6 Å². The smallest absolute Gasteiger partial charge is 0.259 e. The average Bonchev–Trinajstić information content (AvgIpc) is 3.21. The Hall–Kier alpha value is -1.96. The molecule has 4 nitrogen and oxygen atoms in total. The van der Waals surface area contributed by atoms with Crippen LogP contribution < -0.4 is 5.56 Å². The first-order valence-corrected chi connectivity index (χ1v) is 11.4. The second-order valence-corrected chi connectivity index (χ2v) is 9.53. The zero-order chi connectivity index (χ0) is 19.0. The minimum absolute atomic E-state index is 0.0345. The van der Waals surface area contributed by atoms with Crippen LogP contribution in [0, 0.1) is 20.8 Å². The van der Waals surface area contributed by atoms with E-state index in [9.17, 15) is 4.79 Å². The molecule has 4 rings (SSSR count). The van der Waals surface area contributed by atoms with Crippen LogP contribution in [0.1, 0.15) is 27.5 Å². The molecular formula is C20H19N3OS3. The van der Waals surface area contributed by atoms with Crippen molar-refractivity contribution in [2.45, 2.75) is 32.3 Å². The Balaban J connectivity index is 1.44. The molecule has 0 radical (unpaired) electrons. The second kappa shape index (κ2) is 7.58. The number of nitrogens with one attached hydrogen (secondary N) is 1. The Bertz CT molecular complexity index is 1160. The summed E-state index contributed by atoms with van der Waals surface area (Å²) in [6.07, 6.45) is 0. The van der Waals surface area contributed by atoms with Gasteiger partial charge in [0, 0.05) is 21.6 Å². The third kappa shape index (κ3) is 3.85. The van der Waals surface area contributed by atoms with E-state index in [1.165, 1.54) is 5.56 Å². The molecule has 27 heavy (non-hydrogen) atoms. The Labute approximate surface area is 169 Å². The zero-order valence-electron chi connectivity index (χ0n) is 15.3. The summed E-state index contributed by atoms with van der Waals surface area (Å²) in [6, 6.07) is 8.44. The van der Waals surface area contributed by atoms with Gasteiger partial charge in [-0.2, -0.15) is 0 Å². The summed E-state index contributed by atoms with van der Waals surface area (Å²) in [5.41, 5.74) is 4.47. The highest BCUT2D eigenvalue weighted by molar-refractivity contribution is 7.97. The summed E-state index contributed by atoms with van der Waals surface area (Å²) in [7, 11) is 0. The number of hydrogen-bond donors (Lipinski definition) is 1. The van der Waals surface area contributed by atoms with Gasteiger partial charge >= 0.3 is 0 Å². The third-order valence-corrected chi connectivity index (χ3v) is 7.45. The highest BCUT2D eigenvalue weighted by Gasteiger charge is 2.12. The minimum atomic E-state index is -0.0345. The lowest BCUT2D eigenvalue weighted by atomic mass is 10.2. The van der Waals surface area contributed by atoms with Gasteiger partial charge in [0.2, 0.25) is 0 Å². The van der Waals surface area contributed by atoms with Crippen LogP contribution in [0.5, 0.6) is 0 Å². The number of aryl methyl sites for hydroxylation is 3. The van der Waals surface area contributed by atoms with Crippen molar-refractivity contribution in [3.8, 4) is 10.6 Å².